The Bertz CT molecular complexity index is 1500. The molecule has 0 radical (unpaired) electrons. The van der Waals surface area contributed by atoms with Crippen LogP contribution in [0.25, 0.3) is 11.0 Å². The number of fused-ring (bicyclic) bond motifs is 1. The number of aromatic amines is 1. The number of rotatable bonds is 4. The van der Waals surface area contributed by atoms with Crippen LogP contribution in [0.15, 0.2) is 41.6 Å². The van der Waals surface area contributed by atoms with Crippen molar-refractivity contribution in [2.45, 2.75) is 50.2 Å². The Labute approximate surface area is 196 Å². The van der Waals surface area contributed by atoms with Gasteiger partial charge in [-0.2, -0.15) is 23.5 Å². The lowest BCUT2D eigenvalue weighted by Crippen LogP contribution is -2.43. The number of pyridine rings is 1. The van der Waals surface area contributed by atoms with E-state index in [2.05, 4.69) is 25.0 Å². The van der Waals surface area contributed by atoms with E-state index in [0.29, 0.717) is 17.2 Å². The first-order valence-corrected chi connectivity index (χ1v) is 10.9. The van der Waals surface area contributed by atoms with Gasteiger partial charge in [-0.05, 0) is 37.5 Å². The van der Waals surface area contributed by atoms with Crippen LogP contribution in [0, 0.1) is 11.3 Å². The summed E-state index contributed by atoms with van der Waals surface area (Å²) >= 11 is 0. The van der Waals surface area contributed by atoms with Crippen molar-refractivity contribution in [2.24, 2.45) is 0 Å². The SMILES string of the molecule is C[C@@H](c1ccc(C(F)(F)F)nc1)n1nc(C#N)c2c(=O)[nH]c([C@@]3(C)CC[C@@H]3c3ncccn3)nc21. The molecule has 4 aromatic heterocycles. The smallest absolute Gasteiger partial charge is 0.309 e. The van der Waals surface area contributed by atoms with Gasteiger partial charge >= 0.3 is 6.18 Å². The third kappa shape index (κ3) is 3.63. The molecule has 0 unspecified atom stereocenters. The molecule has 0 amide bonds. The molecule has 35 heavy (non-hydrogen) atoms. The van der Waals surface area contributed by atoms with Gasteiger partial charge in [-0.1, -0.05) is 13.0 Å². The average Bonchev–Trinajstić information content (AvgIpc) is 3.22. The minimum atomic E-state index is -4.56. The fourth-order valence-electron chi connectivity index (χ4n) is 4.54. The Kier molecular flexibility index (Phi) is 5.16. The number of hydrogen-bond acceptors (Lipinski definition) is 7. The van der Waals surface area contributed by atoms with Gasteiger partial charge in [-0.15, -0.1) is 0 Å². The largest absolute Gasteiger partial charge is 0.433 e. The zero-order valence-electron chi connectivity index (χ0n) is 18.7. The maximum Gasteiger partial charge on any atom is 0.433 e. The first kappa shape index (κ1) is 22.6. The molecule has 9 nitrogen and oxygen atoms in total. The summed E-state index contributed by atoms with van der Waals surface area (Å²) < 4.78 is 40.1. The van der Waals surface area contributed by atoms with Gasteiger partial charge in [0.15, 0.2) is 11.3 Å². The number of aromatic nitrogens is 7. The van der Waals surface area contributed by atoms with Crippen LogP contribution in [0.2, 0.25) is 0 Å². The van der Waals surface area contributed by atoms with Crippen molar-refractivity contribution >= 4 is 11.0 Å². The number of alkyl halides is 3. The van der Waals surface area contributed by atoms with Crippen LogP contribution in [0.1, 0.15) is 67.2 Å². The van der Waals surface area contributed by atoms with Crippen molar-refractivity contribution in [2.75, 3.05) is 0 Å². The molecule has 0 bridgehead atoms. The highest BCUT2D eigenvalue weighted by Gasteiger charge is 2.48. The van der Waals surface area contributed by atoms with Crippen LogP contribution in [-0.2, 0) is 11.6 Å². The van der Waals surface area contributed by atoms with Gasteiger partial charge in [0, 0.05) is 29.9 Å². The number of H-pyrrole nitrogens is 1. The van der Waals surface area contributed by atoms with Crippen LogP contribution >= 0.6 is 0 Å². The van der Waals surface area contributed by atoms with Crippen molar-refractivity contribution in [1.82, 2.24) is 34.7 Å². The maximum atomic E-state index is 13.1. The third-order valence-electron chi connectivity index (χ3n) is 6.75. The molecule has 0 saturated heterocycles. The molecular weight excluding hydrogens is 461 g/mol. The molecule has 1 saturated carbocycles. The first-order chi connectivity index (χ1) is 16.6. The molecule has 4 aromatic rings. The number of hydrogen-bond donors (Lipinski definition) is 1. The van der Waals surface area contributed by atoms with E-state index < -0.39 is 28.9 Å². The van der Waals surface area contributed by atoms with Crippen LogP contribution in [0.5, 0.6) is 0 Å². The van der Waals surface area contributed by atoms with Gasteiger partial charge < -0.3 is 4.98 Å². The summed E-state index contributed by atoms with van der Waals surface area (Å²) in [6, 6.07) is 5.18. The van der Waals surface area contributed by atoms with E-state index in [4.69, 9.17) is 4.98 Å². The van der Waals surface area contributed by atoms with Gasteiger partial charge in [-0.25, -0.2) is 19.6 Å². The quantitative estimate of drug-likeness (QED) is 0.473. The van der Waals surface area contributed by atoms with E-state index in [0.717, 1.165) is 25.1 Å². The highest BCUT2D eigenvalue weighted by atomic mass is 19.4. The highest BCUT2D eigenvalue weighted by Crippen LogP contribution is 2.52. The standard InChI is InChI=1S/C23H19F3N8O/c1-12(13-4-5-16(30-11-13)23(24,25)26)34-19-17(15(10-27)33-34)20(35)32-21(31-19)22(2)7-6-14(22)18-28-8-3-9-29-18/h3-5,8-9,11-12,14H,6-7H2,1-2H3,(H,31,32,35)/t12-,14+,22-/m0/s1. The van der Waals surface area contributed by atoms with Crippen molar-refractivity contribution in [1.29, 1.82) is 5.26 Å². The predicted octanol–water partition coefficient (Wildman–Crippen LogP) is 3.64. The van der Waals surface area contributed by atoms with Crippen LogP contribution in [0.4, 0.5) is 13.2 Å². The molecule has 4 heterocycles. The average molecular weight is 480 g/mol. The van der Waals surface area contributed by atoms with E-state index in [1.54, 1.807) is 25.4 Å². The van der Waals surface area contributed by atoms with Crippen molar-refractivity contribution in [3.63, 3.8) is 0 Å². The van der Waals surface area contributed by atoms with Crippen LogP contribution in [-0.4, -0.2) is 34.7 Å². The van der Waals surface area contributed by atoms with Gasteiger partial charge in [-0.3, -0.25) is 9.78 Å². The molecule has 178 valence electrons. The van der Waals surface area contributed by atoms with Gasteiger partial charge in [0.25, 0.3) is 5.56 Å². The molecule has 5 rings (SSSR count). The van der Waals surface area contributed by atoms with Gasteiger partial charge in [0.2, 0.25) is 0 Å². The van der Waals surface area contributed by atoms with Crippen LogP contribution < -0.4 is 5.56 Å². The fourth-order valence-corrected chi connectivity index (χ4v) is 4.54. The highest BCUT2D eigenvalue weighted by molar-refractivity contribution is 5.80. The normalized spacial score (nSPS) is 20.9. The molecule has 3 atom stereocenters. The van der Waals surface area contributed by atoms with Crippen molar-refractivity contribution in [3.8, 4) is 6.07 Å². The molecule has 1 aliphatic rings. The molecule has 1 N–H and O–H groups in total. The Morgan fingerprint density at radius 2 is 2.00 bits per heavy atom. The second-order valence-electron chi connectivity index (χ2n) is 8.78. The van der Waals surface area contributed by atoms with E-state index in [1.807, 2.05) is 13.0 Å². The molecule has 1 aliphatic carbocycles. The minimum absolute atomic E-state index is 0.0263. The summed E-state index contributed by atoms with van der Waals surface area (Å²) in [7, 11) is 0. The molecule has 0 spiro atoms. The summed E-state index contributed by atoms with van der Waals surface area (Å²) in [5.41, 5.74) is -1.59. The number of nitriles is 1. The van der Waals surface area contributed by atoms with Crippen LogP contribution in [0.3, 0.4) is 0 Å². The molecular formula is C23H19F3N8O. The molecule has 0 aliphatic heterocycles. The lowest BCUT2D eigenvalue weighted by molar-refractivity contribution is -0.141. The summed E-state index contributed by atoms with van der Waals surface area (Å²) in [6.45, 7) is 3.66. The monoisotopic (exact) mass is 480 g/mol. The van der Waals surface area contributed by atoms with E-state index in [9.17, 15) is 23.2 Å². The zero-order valence-corrected chi connectivity index (χ0v) is 18.7. The van der Waals surface area contributed by atoms with Crippen molar-refractivity contribution < 1.29 is 13.2 Å². The van der Waals surface area contributed by atoms with Gasteiger partial charge in [0.05, 0.1) is 6.04 Å². The zero-order chi connectivity index (χ0) is 25.0. The van der Waals surface area contributed by atoms with Crippen molar-refractivity contribution in [3.05, 3.63) is 75.7 Å². The minimum Gasteiger partial charge on any atom is -0.309 e. The summed E-state index contributed by atoms with van der Waals surface area (Å²) in [6.07, 6.45) is 1.43. The number of halogens is 3. The Morgan fingerprint density at radius 1 is 1.26 bits per heavy atom. The maximum absolute atomic E-state index is 13.1. The summed E-state index contributed by atoms with van der Waals surface area (Å²) in [4.78, 5) is 32.8. The second kappa shape index (κ2) is 7.97. The topological polar surface area (TPSA) is 126 Å². The molecule has 0 aromatic carbocycles. The molecule has 12 heteroatoms. The lowest BCUT2D eigenvalue weighted by atomic mass is 9.60. The summed E-state index contributed by atoms with van der Waals surface area (Å²) in [5, 5.41) is 13.9. The fraction of sp³-hybridized carbons (Fsp3) is 0.348. The summed E-state index contributed by atoms with van der Waals surface area (Å²) in [5.74, 6) is 1.01. The van der Waals surface area contributed by atoms with E-state index >= 15 is 0 Å². The Balaban J connectivity index is 1.61. The van der Waals surface area contributed by atoms with Gasteiger partial charge in [0.1, 0.15) is 28.8 Å². The third-order valence-corrected chi connectivity index (χ3v) is 6.75. The molecule has 1 fully saturated rings. The van der Waals surface area contributed by atoms with E-state index in [-0.39, 0.29) is 22.6 Å². The Morgan fingerprint density at radius 3 is 2.57 bits per heavy atom. The Hall–Kier alpha value is -4.14. The number of nitrogens with one attached hydrogen (secondary N) is 1. The lowest BCUT2D eigenvalue weighted by Gasteiger charge is -2.45. The predicted molar refractivity (Wildman–Crippen MR) is 117 cm³/mol. The number of nitrogens with zero attached hydrogens (tertiary/aromatic N) is 7. The first-order valence-electron chi connectivity index (χ1n) is 10.9. The second-order valence-corrected chi connectivity index (χ2v) is 8.78. The van der Waals surface area contributed by atoms with E-state index in [1.165, 1.54) is 10.7 Å².